The molecule has 0 saturated carbocycles. The van der Waals surface area contributed by atoms with Gasteiger partial charge in [-0.15, -0.1) is 0 Å². The highest BCUT2D eigenvalue weighted by molar-refractivity contribution is 7.82. The van der Waals surface area contributed by atoms with Gasteiger partial charge in [0.15, 0.2) is 11.1 Å². The second-order valence-corrected chi connectivity index (χ2v) is 3.39. The highest BCUT2D eigenvalue weighted by atomic mass is 35.5. The Morgan fingerprint density at radius 1 is 1.33 bits per heavy atom. The Bertz CT molecular complexity index is 305. The standard InChI is InChI=1S/C8H7ClO2S/c9-8-3-1-7(2-4-8)5-6-12(10)11/h1-6H,(H,10,11)/b6-5+. The molecule has 1 aromatic rings. The summed E-state index contributed by atoms with van der Waals surface area (Å²) in [5.41, 5.74) is 0.849. The van der Waals surface area contributed by atoms with Crippen LogP contribution < -0.4 is 0 Å². The van der Waals surface area contributed by atoms with E-state index in [0.29, 0.717) is 5.02 Å². The van der Waals surface area contributed by atoms with Gasteiger partial charge in [-0.05, 0) is 23.8 Å². The Morgan fingerprint density at radius 3 is 2.42 bits per heavy atom. The maximum Gasteiger partial charge on any atom is 0.178 e. The summed E-state index contributed by atoms with van der Waals surface area (Å²) in [5, 5.41) is 1.85. The number of hydrogen-bond acceptors (Lipinski definition) is 1. The van der Waals surface area contributed by atoms with E-state index in [1.165, 1.54) is 5.41 Å². The van der Waals surface area contributed by atoms with Crippen LogP contribution in [0.25, 0.3) is 6.08 Å². The average Bonchev–Trinajstić information content (AvgIpc) is 2.03. The van der Waals surface area contributed by atoms with Gasteiger partial charge >= 0.3 is 0 Å². The summed E-state index contributed by atoms with van der Waals surface area (Å²) in [4.78, 5) is 0. The SMILES string of the molecule is O=S(O)/C=C/c1ccc(Cl)cc1. The molecule has 0 aromatic heterocycles. The van der Waals surface area contributed by atoms with E-state index in [0.717, 1.165) is 5.56 Å². The summed E-state index contributed by atoms with van der Waals surface area (Å²) in [6, 6.07) is 6.99. The van der Waals surface area contributed by atoms with Crippen molar-refractivity contribution < 1.29 is 8.76 Å². The van der Waals surface area contributed by atoms with Gasteiger partial charge in [-0.25, -0.2) is 4.21 Å². The van der Waals surface area contributed by atoms with Crippen LogP contribution in [-0.2, 0) is 11.1 Å². The molecule has 2 nitrogen and oxygen atoms in total. The molecule has 1 atom stereocenters. The predicted octanol–water partition coefficient (Wildman–Crippen LogP) is 2.53. The Kier molecular flexibility index (Phi) is 3.47. The largest absolute Gasteiger partial charge is 0.303 e. The maximum absolute atomic E-state index is 10.2. The Morgan fingerprint density at radius 2 is 1.92 bits per heavy atom. The Balaban J connectivity index is 2.77. The van der Waals surface area contributed by atoms with E-state index in [1.54, 1.807) is 30.3 Å². The Labute approximate surface area is 78.2 Å². The van der Waals surface area contributed by atoms with E-state index in [2.05, 4.69) is 0 Å². The number of halogens is 1. The second kappa shape index (κ2) is 4.40. The van der Waals surface area contributed by atoms with E-state index in [9.17, 15) is 4.21 Å². The molecular formula is C8H7ClO2S. The van der Waals surface area contributed by atoms with Crippen LogP contribution in [-0.4, -0.2) is 8.76 Å². The van der Waals surface area contributed by atoms with Crippen LogP contribution in [0, 0.1) is 0 Å². The molecule has 0 heterocycles. The molecule has 0 aliphatic rings. The predicted molar refractivity (Wildman–Crippen MR) is 51.3 cm³/mol. The van der Waals surface area contributed by atoms with Gasteiger partial charge in [0.25, 0.3) is 0 Å². The van der Waals surface area contributed by atoms with Crippen molar-refractivity contribution in [3.05, 3.63) is 40.3 Å². The summed E-state index contributed by atoms with van der Waals surface area (Å²) >= 11 is 3.76. The fourth-order valence-corrected chi connectivity index (χ4v) is 1.11. The van der Waals surface area contributed by atoms with Gasteiger partial charge in [0, 0.05) is 10.4 Å². The average molecular weight is 203 g/mol. The van der Waals surface area contributed by atoms with Gasteiger partial charge in [-0.2, -0.15) is 0 Å². The molecule has 1 aromatic carbocycles. The van der Waals surface area contributed by atoms with Crippen molar-refractivity contribution in [3.8, 4) is 0 Å². The second-order valence-electron chi connectivity index (χ2n) is 2.13. The highest BCUT2D eigenvalue weighted by Crippen LogP contribution is 2.10. The zero-order chi connectivity index (χ0) is 8.97. The topological polar surface area (TPSA) is 37.3 Å². The van der Waals surface area contributed by atoms with Crippen LogP contribution >= 0.6 is 11.6 Å². The lowest BCUT2D eigenvalue weighted by Gasteiger charge is -1.91. The lowest BCUT2D eigenvalue weighted by Crippen LogP contribution is -1.76. The van der Waals surface area contributed by atoms with Crippen LogP contribution in [0.4, 0.5) is 0 Å². The van der Waals surface area contributed by atoms with Crippen molar-refractivity contribution in [2.24, 2.45) is 0 Å². The first kappa shape index (κ1) is 9.45. The highest BCUT2D eigenvalue weighted by Gasteiger charge is 1.88. The lowest BCUT2D eigenvalue weighted by molar-refractivity contribution is 0.574. The maximum atomic E-state index is 10.2. The molecule has 0 aliphatic heterocycles. The van der Waals surface area contributed by atoms with Gasteiger partial charge in [0.05, 0.1) is 0 Å². The van der Waals surface area contributed by atoms with E-state index in [4.69, 9.17) is 16.2 Å². The minimum absolute atomic E-state index is 0.650. The minimum Gasteiger partial charge on any atom is -0.303 e. The molecule has 0 spiro atoms. The fraction of sp³-hybridized carbons (Fsp3) is 0. The number of benzene rings is 1. The summed E-state index contributed by atoms with van der Waals surface area (Å²) < 4.78 is 18.7. The number of rotatable bonds is 2. The van der Waals surface area contributed by atoms with Gasteiger partial charge in [0.2, 0.25) is 0 Å². The van der Waals surface area contributed by atoms with Gasteiger partial charge < -0.3 is 4.55 Å². The summed E-state index contributed by atoms with van der Waals surface area (Å²) in [7, 11) is 0. The van der Waals surface area contributed by atoms with Crippen LogP contribution in [0.5, 0.6) is 0 Å². The van der Waals surface area contributed by atoms with Crippen LogP contribution in [0.15, 0.2) is 29.7 Å². The first-order valence-electron chi connectivity index (χ1n) is 3.22. The first-order valence-corrected chi connectivity index (χ1v) is 4.77. The molecule has 0 amide bonds. The zero-order valence-electron chi connectivity index (χ0n) is 6.11. The normalized spacial score (nSPS) is 13.5. The smallest absolute Gasteiger partial charge is 0.178 e. The van der Waals surface area contributed by atoms with E-state index >= 15 is 0 Å². The van der Waals surface area contributed by atoms with Gasteiger partial charge in [-0.3, -0.25) is 0 Å². The lowest BCUT2D eigenvalue weighted by atomic mass is 10.2. The third kappa shape index (κ3) is 3.17. The van der Waals surface area contributed by atoms with Crippen molar-refractivity contribution in [1.29, 1.82) is 0 Å². The van der Waals surface area contributed by atoms with Crippen LogP contribution in [0.3, 0.4) is 0 Å². The van der Waals surface area contributed by atoms with E-state index < -0.39 is 11.1 Å². The quantitative estimate of drug-likeness (QED) is 0.749. The zero-order valence-corrected chi connectivity index (χ0v) is 7.68. The van der Waals surface area contributed by atoms with Crippen molar-refractivity contribution in [2.75, 3.05) is 0 Å². The molecule has 0 saturated heterocycles. The summed E-state index contributed by atoms with van der Waals surface area (Å²) in [6.07, 6.45) is 1.56. The third-order valence-electron chi connectivity index (χ3n) is 1.25. The minimum atomic E-state index is -1.88. The van der Waals surface area contributed by atoms with Crippen molar-refractivity contribution in [3.63, 3.8) is 0 Å². The molecule has 1 N–H and O–H groups in total. The molecule has 1 unspecified atom stereocenters. The summed E-state index contributed by atoms with van der Waals surface area (Å²) in [5.74, 6) is 0. The number of hydrogen-bond donors (Lipinski definition) is 1. The van der Waals surface area contributed by atoms with Crippen molar-refractivity contribution in [1.82, 2.24) is 0 Å². The first-order chi connectivity index (χ1) is 5.68. The summed E-state index contributed by atoms with van der Waals surface area (Å²) in [6.45, 7) is 0. The molecule has 1 rings (SSSR count). The third-order valence-corrected chi connectivity index (χ3v) is 1.87. The molecule has 0 bridgehead atoms. The fourth-order valence-electron chi connectivity index (χ4n) is 0.711. The van der Waals surface area contributed by atoms with Crippen molar-refractivity contribution in [2.45, 2.75) is 0 Å². The Hall–Kier alpha value is -0.640. The molecule has 64 valence electrons. The van der Waals surface area contributed by atoms with E-state index in [1.807, 2.05) is 0 Å². The van der Waals surface area contributed by atoms with E-state index in [-0.39, 0.29) is 0 Å². The van der Waals surface area contributed by atoms with Crippen molar-refractivity contribution >= 4 is 28.8 Å². The molecule has 0 fully saturated rings. The molecule has 0 aliphatic carbocycles. The molecule has 0 radical (unpaired) electrons. The molecule has 4 heteroatoms. The monoisotopic (exact) mass is 202 g/mol. The van der Waals surface area contributed by atoms with Crippen LogP contribution in [0.1, 0.15) is 5.56 Å². The van der Waals surface area contributed by atoms with Gasteiger partial charge in [0.1, 0.15) is 0 Å². The van der Waals surface area contributed by atoms with Gasteiger partial charge in [-0.1, -0.05) is 23.7 Å². The van der Waals surface area contributed by atoms with Crippen LogP contribution in [0.2, 0.25) is 5.02 Å². The molecular weight excluding hydrogens is 196 g/mol. The molecule has 12 heavy (non-hydrogen) atoms.